The van der Waals surface area contributed by atoms with Crippen molar-refractivity contribution in [2.45, 2.75) is 13.8 Å². The number of rotatable bonds is 7. The molecule has 0 radical (unpaired) electrons. The molecule has 0 fully saturated rings. The zero-order valence-corrected chi connectivity index (χ0v) is 13.7. The molecule has 0 spiro atoms. The first-order valence-corrected chi connectivity index (χ1v) is 7.07. The molecule has 1 atom stereocenters. The quantitative estimate of drug-likeness (QED) is 0.721. The van der Waals surface area contributed by atoms with Gasteiger partial charge in [0.15, 0.2) is 0 Å². The molecule has 0 aliphatic heterocycles. The highest BCUT2D eigenvalue weighted by molar-refractivity contribution is 5.97. The highest BCUT2D eigenvalue weighted by atomic mass is 16.5. The van der Waals surface area contributed by atoms with Crippen molar-refractivity contribution in [2.75, 3.05) is 34.4 Å². The lowest BCUT2D eigenvalue weighted by atomic mass is 10.1. The van der Waals surface area contributed by atoms with E-state index in [1.165, 1.54) is 14.2 Å². The van der Waals surface area contributed by atoms with Gasteiger partial charge in [0.05, 0.1) is 32.8 Å². The second kappa shape index (κ2) is 8.26. The smallest absolute Gasteiger partial charge is 0.310 e. The molecule has 0 aliphatic carbocycles. The molecule has 1 amide bonds. The number of hydrogen-bond donors (Lipinski definition) is 0. The molecule has 6 heteroatoms. The van der Waals surface area contributed by atoms with Crippen LogP contribution in [0, 0.1) is 5.92 Å². The van der Waals surface area contributed by atoms with Gasteiger partial charge in [-0.2, -0.15) is 0 Å². The number of carbonyl (C=O) groups excluding carboxylic acids is 2. The van der Waals surface area contributed by atoms with Gasteiger partial charge in [-0.05, 0) is 19.1 Å². The van der Waals surface area contributed by atoms with Crippen LogP contribution in [0.4, 0.5) is 0 Å². The molecule has 0 N–H and O–H groups in total. The Balaban J connectivity index is 2.99. The van der Waals surface area contributed by atoms with Crippen LogP contribution in [-0.4, -0.2) is 51.2 Å². The van der Waals surface area contributed by atoms with Crippen LogP contribution in [0.25, 0.3) is 0 Å². The Morgan fingerprint density at radius 3 is 2.36 bits per heavy atom. The number of methoxy groups -OCH3 is 3. The topological polar surface area (TPSA) is 65.1 Å². The van der Waals surface area contributed by atoms with Crippen molar-refractivity contribution in [3.05, 3.63) is 23.8 Å². The Hall–Kier alpha value is -2.24. The Kier molecular flexibility index (Phi) is 6.69. The van der Waals surface area contributed by atoms with E-state index in [2.05, 4.69) is 0 Å². The summed E-state index contributed by atoms with van der Waals surface area (Å²) in [6.07, 6.45) is 0. The maximum absolute atomic E-state index is 12.7. The molecule has 1 aromatic rings. The maximum atomic E-state index is 12.7. The standard InChI is InChI=1S/C16H23NO5/c1-6-17(10-11(2)16(19)22-5)15(18)13-8-7-12(20-3)9-14(13)21-4/h7-9,11H,6,10H2,1-5H3/t11-/m1/s1. The summed E-state index contributed by atoms with van der Waals surface area (Å²) in [5.74, 6) is 0.122. The number of esters is 1. The van der Waals surface area contributed by atoms with Gasteiger partial charge in [-0.1, -0.05) is 6.92 Å². The van der Waals surface area contributed by atoms with Crippen LogP contribution in [0.1, 0.15) is 24.2 Å². The molecule has 0 bridgehead atoms. The summed E-state index contributed by atoms with van der Waals surface area (Å²) in [4.78, 5) is 25.8. The molecule has 0 saturated carbocycles. The van der Waals surface area contributed by atoms with Crippen LogP contribution < -0.4 is 9.47 Å². The average Bonchev–Trinajstić information content (AvgIpc) is 2.57. The van der Waals surface area contributed by atoms with Gasteiger partial charge >= 0.3 is 5.97 Å². The van der Waals surface area contributed by atoms with E-state index in [0.717, 1.165) is 0 Å². The predicted octanol–water partition coefficient (Wildman–Crippen LogP) is 1.97. The summed E-state index contributed by atoms with van der Waals surface area (Å²) >= 11 is 0. The average molecular weight is 309 g/mol. The van der Waals surface area contributed by atoms with Crippen LogP contribution in [0.3, 0.4) is 0 Å². The summed E-state index contributed by atoms with van der Waals surface area (Å²) in [5, 5.41) is 0. The molecular formula is C16H23NO5. The molecule has 0 saturated heterocycles. The first-order chi connectivity index (χ1) is 10.5. The van der Waals surface area contributed by atoms with Crippen molar-refractivity contribution in [2.24, 2.45) is 5.92 Å². The lowest BCUT2D eigenvalue weighted by molar-refractivity contribution is -0.145. The van der Waals surface area contributed by atoms with E-state index in [4.69, 9.17) is 14.2 Å². The van der Waals surface area contributed by atoms with Crippen molar-refractivity contribution >= 4 is 11.9 Å². The molecule has 22 heavy (non-hydrogen) atoms. The fraction of sp³-hybridized carbons (Fsp3) is 0.500. The van der Waals surface area contributed by atoms with Crippen molar-refractivity contribution in [1.29, 1.82) is 0 Å². The molecule has 0 aliphatic rings. The monoisotopic (exact) mass is 309 g/mol. The van der Waals surface area contributed by atoms with Crippen molar-refractivity contribution in [1.82, 2.24) is 4.90 Å². The summed E-state index contributed by atoms with van der Waals surface area (Å²) in [6, 6.07) is 5.02. The third-order valence-electron chi connectivity index (χ3n) is 3.41. The lowest BCUT2D eigenvalue weighted by Crippen LogP contribution is -2.37. The van der Waals surface area contributed by atoms with E-state index < -0.39 is 5.92 Å². The van der Waals surface area contributed by atoms with Gasteiger partial charge in [0.2, 0.25) is 0 Å². The highest BCUT2D eigenvalue weighted by Gasteiger charge is 2.23. The number of carbonyl (C=O) groups is 2. The fourth-order valence-corrected chi connectivity index (χ4v) is 2.11. The lowest BCUT2D eigenvalue weighted by Gasteiger charge is -2.24. The molecular weight excluding hydrogens is 286 g/mol. The van der Waals surface area contributed by atoms with E-state index in [9.17, 15) is 9.59 Å². The Labute approximate surface area is 131 Å². The van der Waals surface area contributed by atoms with Gasteiger partial charge in [-0.25, -0.2) is 0 Å². The van der Waals surface area contributed by atoms with Gasteiger partial charge in [0, 0.05) is 19.2 Å². The summed E-state index contributed by atoms with van der Waals surface area (Å²) in [5.41, 5.74) is 0.433. The number of benzene rings is 1. The van der Waals surface area contributed by atoms with E-state index in [-0.39, 0.29) is 18.4 Å². The normalized spacial score (nSPS) is 11.5. The second-order valence-corrected chi connectivity index (χ2v) is 4.83. The Bertz CT molecular complexity index is 529. The van der Waals surface area contributed by atoms with E-state index >= 15 is 0 Å². The van der Waals surface area contributed by atoms with Crippen LogP contribution in [-0.2, 0) is 9.53 Å². The minimum absolute atomic E-state index is 0.197. The van der Waals surface area contributed by atoms with Gasteiger partial charge in [0.25, 0.3) is 5.91 Å². The van der Waals surface area contributed by atoms with E-state index in [0.29, 0.717) is 23.6 Å². The van der Waals surface area contributed by atoms with Gasteiger partial charge in [0.1, 0.15) is 11.5 Å². The molecule has 6 nitrogen and oxygen atoms in total. The number of ether oxygens (including phenoxy) is 3. The molecule has 122 valence electrons. The van der Waals surface area contributed by atoms with E-state index in [1.807, 2.05) is 6.92 Å². The second-order valence-electron chi connectivity index (χ2n) is 4.83. The number of nitrogens with zero attached hydrogens (tertiary/aromatic N) is 1. The summed E-state index contributed by atoms with van der Waals surface area (Å²) < 4.78 is 15.1. The maximum Gasteiger partial charge on any atom is 0.310 e. The Morgan fingerprint density at radius 2 is 1.86 bits per heavy atom. The van der Waals surface area contributed by atoms with E-state index in [1.54, 1.807) is 37.1 Å². The molecule has 1 rings (SSSR count). The molecule has 0 unspecified atom stereocenters. The summed E-state index contributed by atoms with van der Waals surface area (Å²) in [7, 11) is 4.38. The van der Waals surface area contributed by atoms with Crippen LogP contribution >= 0.6 is 0 Å². The number of hydrogen-bond acceptors (Lipinski definition) is 5. The first kappa shape index (κ1) is 17.8. The zero-order chi connectivity index (χ0) is 16.7. The first-order valence-electron chi connectivity index (χ1n) is 7.07. The third kappa shape index (κ3) is 4.13. The molecule has 1 aromatic carbocycles. The van der Waals surface area contributed by atoms with Gasteiger partial charge in [-0.3, -0.25) is 9.59 Å². The highest BCUT2D eigenvalue weighted by Crippen LogP contribution is 2.26. The SMILES string of the molecule is CCN(C[C@@H](C)C(=O)OC)C(=O)c1ccc(OC)cc1OC. The summed E-state index contributed by atoms with van der Waals surface area (Å²) in [6.45, 7) is 4.36. The zero-order valence-electron chi connectivity index (χ0n) is 13.7. The third-order valence-corrected chi connectivity index (χ3v) is 3.41. The minimum atomic E-state index is -0.391. The molecule has 0 heterocycles. The fourth-order valence-electron chi connectivity index (χ4n) is 2.11. The van der Waals surface area contributed by atoms with Gasteiger partial charge in [-0.15, -0.1) is 0 Å². The van der Waals surface area contributed by atoms with Crippen LogP contribution in [0.5, 0.6) is 11.5 Å². The van der Waals surface area contributed by atoms with Crippen LogP contribution in [0.2, 0.25) is 0 Å². The largest absolute Gasteiger partial charge is 0.497 e. The Morgan fingerprint density at radius 1 is 1.18 bits per heavy atom. The number of amides is 1. The van der Waals surface area contributed by atoms with Crippen molar-refractivity contribution in [3.63, 3.8) is 0 Å². The van der Waals surface area contributed by atoms with Crippen molar-refractivity contribution < 1.29 is 23.8 Å². The molecule has 0 aromatic heterocycles. The predicted molar refractivity (Wildman–Crippen MR) is 82.3 cm³/mol. The van der Waals surface area contributed by atoms with Gasteiger partial charge < -0.3 is 19.1 Å². The van der Waals surface area contributed by atoms with Crippen molar-refractivity contribution in [3.8, 4) is 11.5 Å². The minimum Gasteiger partial charge on any atom is -0.497 e. The van der Waals surface area contributed by atoms with Crippen LogP contribution in [0.15, 0.2) is 18.2 Å².